The molecule has 8 atom stereocenters. The first-order valence-corrected chi connectivity index (χ1v) is 11.4. The van der Waals surface area contributed by atoms with Crippen molar-refractivity contribution in [2.75, 3.05) is 0 Å². The fraction of sp³-hybridized carbons (Fsp3) is 0.875. The van der Waals surface area contributed by atoms with Crippen molar-refractivity contribution in [3.63, 3.8) is 0 Å². The zero-order chi connectivity index (χ0) is 20.3. The maximum atomic E-state index is 13.6. The van der Waals surface area contributed by atoms with Gasteiger partial charge in [-0.05, 0) is 79.4 Å². The number of carbonyl (C=O) groups excluding carboxylic acids is 2. The van der Waals surface area contributed by atoms with Crippen molar-refractivity contribution in [2.45, 2.75) is 85.0 Å². The van der Waals surface area contributed by atoms with Crippen molar-refractivity contribution in [3.8, 4) is 0 Å². The van der Waals surface area contributed by atoms with Crippen LogP contribution in [-0.2, 0) is 14.4 Å². The number of Topliss-reactive ketones (excluding diaryl/α,β-unsaturated/α-hetero) is 2. The van der Waals surface area contributed by atoms with Gasteiger partial charge in [-0.1, -0.05) is 20.8 Å². The number of carboxylic acids is 1. The van der Waals surface area contributed by atoms with E-state index in [2.05, 4.69) is 20.8 Å². The number of carbonyl (C=O) groups is 3. The van der Waals surface area contributed by atoms with Crippen LogP contribution >= 0.6 is 0 Å². The third-order valence-electron chi connectivity index (χ3n) is 9.91. The zero-order valence-electron chi connectivity index (χ0n) is 17.7. The molecule has 0 spiro atoms. The van der Waals surface area contributed by atoms with Gasteiger partial charge in [-0.2, -0.15) is 0 Å². The lowest BCUT2D eigenvalue weighted by atomic mass is 9.44. The molecule has 4 nitrogen and oxygen atoms in total. The summed E-state index contributed by atoms with van der Waals surface area (Å²) in [5.74, 6) is 2.69. The summed E-state index contributed by atoms with van der Waals surface area (Å²) in [5.41, 5.74) is -0.117. The van der Waals surface area contributed by atoms with Gasteiger partial charge in [0.1, 0.15) is 11.6 Å². The van der Waals surface area contributed by atoms with Crippen LogP contribution < -0.4 is 0 Å². The van der Waals surface area contributed by atoms with E-state index in [9.17, 15) is 14.4 Å². The summed E-state index contributed by atoms with van der Waals surface area (Å²) in [6.45, 7) is 6.74. The Balaban J connectivity index is 1.58. The first-order valence-electron chi connectivity index (χ1n) is 11.4. The van der Waals surface area contributed by atoms with E-state index in [0.717, 1.165) is 32.1 Å². The average molecular weight is 389 g/mol. The van der Waals surface area contributed by atoms with Crippen molar-refractivity contribution < 1.29 is 19.5 Å². The van der Waals surface area contributed by atoms with E-state index in [0.29, 0.717) is 60.4 Å². The maximum absolute atomic E-state index is 13.6. The van der Waals surface area contributed by atoms with Crippen LogP contribution in [0.5, 0.6) is 0 Å². The summed E-state index contributed by atoms with van der Waals surface area (Å²) in [7, 11) is 0. The summed E-state index contributed by atoms with van der Waals surface area (Å²) < 4.78 is 0. The number of fused-ring (bicyclic) bond motifs is 5. The molecule has 0 aromatic carbocycles. The fourth-order valence-electron chi connectivity index (χ4n) is 8.25. The Hall–Kier alpha value is -1.19. The molecule has 0 bridgehead atoms. The van der Waals surface area contributed by atoms with Crippen LogP contribution in [0.2, 0.25) is 0 Å². The second-order valence-electron chi connectivity index (χ2n) is 10.9. The van der Waals surface area contributed by atoms with Crippen LogP contribution in [0.3, 0.4) is 0 Å². The number of carboxylic acid groups (broad SMARTS) is 1. The molecule has 4 saturated carbocycles. The van der Waals surface area contributed by atoms with E-state index in [1.54, 1.807) is 0 Å². The molecule has 156 valence electrons. The first kappa shape index (κ1) is 20.1. The van der Waals surface area contributed by atoms with E-state index >= 15 is 0 Å². The van der Waals surface area contributed by atoms with E-state index < -0.39 is 5.97 Å². The maximum Gasteiger partial charge on any atom is 0.303 e. The third kappa shape index (κ3) is 2.89. The highest BCUT2D eigenvalue weighted by molar-refractivity contribution is 5.87. The summed E-state index contributed by atoms with van der Waals surface area (Å²) in [6.07, 6.45) is 8.43. The van der Waals surface area contributed by atoms with E-state index in [-0.39, 0.29) is 23.2 Å². The van der Waals surface area contributed by atoms with Crippen molar-refractivity contribution in [1.82, 2.24) is 0 Å². The topological polar surface area (TPSA) is 71.4 Å². The number of aliphatic carboxylic acids is 1. The van der Waals surface area contributed by atoms with E-state index in [1.165, 1.54) is 6.42 Å². The van der Waals surface area contributed by atoms with Crippen molar-refractivity contribution in [2.24, 2.45) is 46.3 Å². The Bertz CT molecular complexity index is 684. The van der Waals surface area contributed by atoms with Gasteiger partial charge in [0, 0.05) is 31.1 Å². The molecular weight excluding hydrogens is 352 g/mol. The molecule has 28 heavy (non-hydrogen) atoms. The minimum atomic E-state index is -0.736. The van der Waals surface area contributed by atoms with Crippen molar-refractivity contribution >= 4 is 17.5 Å². The van der Waals surface area contributed by atoms with Gasteiger partial charge in [-0.15, -0.1) is 0 Å². The average Bonchev–Trinajstić information content (AvgIpc) is 3.00. The largest absolute Gasteiger partial charge is 0.481 e. The third-order valence-corrected chi connectivity index (χ3v) is 9.91. The first-order chi connectivity index (χ1) is 13.2. The van der Waals surface area contributed by atoms with Gasteiger partial charge >= 0.3 is 5.97 Å². The lowest BCUT2D eigenvalue weighted by molar-refractivity contribution is -0.159. The molecule has 4 heteroatoms. The van der Waals surface area contributed by atoms with Gasteiger partial charge < -0.3 is 5.11 Å². The monoisotopic (exact) mass is 388 g/mol. The predicted molar refractivity (Wildman–Crippen MR) is 107 cm³/mol. The normalized spacial score (nSPS) is 46.5. The van der Waals surface area contributed by atoms with Gasteiger partial charge in [-0.25, -0.2) is 0 Å². The quantitative estimate of drug-likeness (QED) is 0.744. The van der Waals surface area contributed by atoms with Crippen LogP contribution in [0.15, 0.2) is 0 Å². The minimum absolute atomic E-state index is 0.154. The molecule has 4 fully saturated rings. The summed E-state index contributed by atoms with van der Waals surface area (Å²) >= 11 is 0. The van der Waals surface area contributed by atoms with Gasteiger partial charge in [-0.3, -0.25) is 14.4 Å². The SMILES string of the molecule is C[C@H](CCC(=O)O)C1CCC2C3CCC4CC(=O)CCC4(C)C3CC(=O)C21C. The second kappa shape index (κ2) is 6.95. The molecule has 0 heterocycles. The van der Waals surface area contributed by atoms with Gasteiger partial charge in [0.2, 0.25) is 0 Å². The van der Waals surface area contributed by atoms with Crippen LogP contribution in [0.25, 0.3) is 0 Å². The molecule has 0 aromatic heterocycles. The van der Waals surface area contributed by atoms with E-state index in [1.807, 2.05) is 0 Å². The number of rotatable bonds is 4. The molecule has 7 unspecified atom stereocenters. The Labute approximate surface area is 168 Å². The Morgan fingerprint density at radius 2 is 1.86 bits per heavy atom. The lowest BCUT2D eigenvalue weighted by Gasteiger charge is -2.59. The summed E-state index contributed by atoms with van der Waals surface area (Å²) in [6, 6.07) is 0. The predicted octanol–water partition coefficient (Wildman–Crippen LogP) is 4.89. The molecule has 0 saturated heterocycles. The number of hydrogen-bond acceptors (Lipinski definition) is 3. The van der Waals surface area contributed by atoms with Gasteiger partial charge in [0.05, 0.1) is 0 Å². The second-order valence-corrected chi connectivity index (χ2v) is 10.9. The number of ketones is 2. The van der Waals surface area contributed by atoms with Crippen LogP contribution in [0.4, 0.5) is 0 Å². The summed E-state index contributed by atoms with van der Waals surface area (Å²) in [5, 5.41) is 9.07. The molecule has 0 radical (unpaired) electrons. The van der Waals surface area contributed by atoms with Crippen LogP contribution in [0.1, 0.15) is 85.0 Å². The highest BCUT2D eigenvalue weighted by Gasteiger charge is 2.63. The summed E-state index contributed by atoms with van der Waals surface area (Å²) in [4.78, 5) is 36.7. The van der Waals surface area contributed by atoms with Crippen molar-refractivity contribution in [1.29, 1.82) is 0 Å². The minimum Gasteiger partial charge on any atom is -0.481 e. The molecule has 4 aliphatic rings. The molecule has 0 amide bonds. The van der Waals surface area contributed by atoms with Gasteiger partial charge in [0.25, 0.3) is 0 Å². The highest BCUT2D eigenvalue weighted by Crippen LogP contribution is 2.67. The molecule has 0 aliphatic heterocycles. The molecule has 1 N–H and O–H groups in total. The number of hydrogen-bond donors (Lipinski definition) is 1. The smallest absolute Gasteiger partial charge is 0.303 e. The fourth-order valence-corrected chi connectivity index (χ4v) is 8.25. The van der Waals surface area contributed by atoms with Crippen LogP contribution in [0, 0.1) is 46.3 Å². The standard InChI is InChI=1S/C24H36O4/c1-14(4-9-22(27)28)18-7-8-19-17-6-5-15-12-16(25)10-11-23(15,2)20(17)13-21(26)24(18,19)3/h14-15,17-20H,4-13H2,1-3H3,(H,27,28)/t14-,15?,17?,18?,19?,20?,23?,24?/m1/s1. The van der Waals surface area contributed by atoms with E-state index in [4.69, 9.17) is 5.11 Å². The highest BCUT2D eigenvalue weighted by atomic mass is 16.4. The lowest BCUT2D eigenvalue weighted by Crippen LogP contribution is -2.57. The molecule has 4 aliphatic carbocycles. The zero-order valence-corrected chi connectivity index (χ0v) is 17.7. The molecule has 4 rings (SSSR count). The Morgan fingerprint density at radius 1 is 1.11 bits per heavy atom. The molecule has 0 aromatic rings. The Kier molecular flexibility index (Phi) is 4.99. The van der Waals surface area contributed by atoms with Gasteiger partial charge in [0.15, 0.2) is 0 Å². The molecular formula is C24H36O4. The van der Waals surface area contributed by atoms with Crippen LogP contribution in [-0.4, -0.2) is 22.6 Å². The van der Waals surface area contributed by atoms with Crippen molar-refractivity contribution in [3.05, 3.63) is 0 Å². The Morgan fingerprint density at radius 3 is 2.57 bits per heavy atom.